The van der Waals surface area contributed by atoms with Gasteiger partial charge >= 0.3 is 6.18 Å². The molecule has 0 bridgehead atoms. The number of rotatable bonds is 3. The minimum Gasteiger partial charge on any atom is -0.280 e. The van der Waals surface area contributed by atoms with Gasteiger partial charge < -0.3 is 0 Å². The molecule has 2 N–H and O–H groups in total. The molecule has 1 amide bonds. The maximum absolute atomic E-state index is 12.6. The third kappa shape index (κ3) is 3.20. The van der Waals surface area contributed by atoms with Gasteiger partial charge in [0.15, 0.2) is 11.5 Å². The van der Waals surface area contributed by atoms with E-state index in [-0.39, 0.29) is 11.4 Å². The summed E-state index contributed by atoms with van der Waals surface area (Å²) in [6.07, 6.45) is -3.14. The van der Waals surface area contributed by atoms with Crippen LogP contribution in [0.3, 0.4) is 0 Å². The van der Waals surface area contributed by atoms with Crippen LogP contribution < -0.4 is 10.9 Å². The van der Waals surface area contributed by atoms with Crippen molar-refractivity contribution < 1.29 is 18.0 Å². The number of alkyl halides is 3. The van der Waals surface area contributed by atoms with Crippen LogP contribution >= 0.6 is 0 Å². The van der Waals surface area contributed by atoms with E-state index in [9.17, 15) is 18.0 Å². The quantitative estimate of drug-likeness (QED) is 0.720. The minimum absolute atomic E-state index is 0.127. The Morgan fingerprint density at radius 3 is 2.78 bits per heavy atom. The molecule has 0 unspecified atom stereocenters. The van der Waals surface area contributed by atoms with Gasteiger partial charge in [-0.2, -0.15) is 17.7 Å². The molecule has 0 aliphatic carbocycles. The molecule has 0 aliphatic heterocycles. The average molecular weight is 322 g/mol. The first kappa shape index (κ1) is 14.8. The molecule has 2 aromatic heterocycles. The molecule has 7 nitrogen and oxygen atoms in total. The molecule has 10 heteroatoms. The zero-order valence-electron chi connectivity index (χ0n) is 11.4. The van der Waals surface area contributed by atoms with Crippen LogP contribution in [0, 0.1) is 0 Å². The first-order valence-electron chi connectivity index (χ1n) is 6.34. The second-order valence-corrected chi connectivity index (χ2v) is 4.51. The fourth-order valence-electron chi connectivity index (χ4n) is 1.82. The largest absolute Gasteiger partial charge is 0.416 e. The van der Waals surface area contributed by atoms with Gasteiger partial charge in [-0.3, -0.25) is 15.6 Å². The van der Waals surface area contributed by atoms with Crippen LogP contribution in [0.1, 0.15) is 15.9 Å². The van der Waals surface area contributed by atoms with E-state index in [1.54, 1.807) is 6.07 Å². The summed E-state index contributed by atoms with van der Waals surface area (Å²) in [5, 5.41) is 11.5. The summed E-state index contributed by atoms with van der Waals surface area (Å²) in [4.78, 5) is 11.9. The number of anilines is 1. The second kappa shape index (κ2) is 5.55. The molecule has 0 radical (unpaired) electrons. The molecule has 0 fully saturated rings. The molecule has 118 valence electrons. The number of carbonyl (C=O) groups excluding carboxylic acids is 1. The van der Waals surface area contributed by atoms with Crippen LogP contribution in [-0.2, 0) is 6.18 Å². The van der Waals surface area contributed by atoms with E-state index in [1.165, 1.54) is 29.0 Å². The number of nitrogens with one attached hydrogen (secondary N) is 2. The predicted octanol–water partition coefficient (Wildman–Crippen LogP) is 1.90. The first-order chi connectivity index (χ1) is 10.9. The van der Waals surface area contributed by atoms with E-state index < -0.39 is 17.6 Å². The molecule has 0 saturated carbocycles. The molecule has 0 atom stereocenters. The van der Waals surface area contributed by atoms with Crippen molar-refractivity contribution in [1.29, 1.82) is 0 Å². The number of halogens is 3. The fraction of sp³-hybridized carbons (Fsp3) is 0.0769. The van der Waals surface area contributed by atoms with Crippen LogP contribution in [0.4, 0.5) is 19.0 Å². The Labute approximate surface area is 127 Å². The van der Waals surface area contributed by atoms with Crippen molar-refractivity contribution in [1.82, 2.24) is 25.2 Å². The third-order valence-corrected chi connectivity index (χ3v) is 2.92. The van der Waals surface area contributed by atoms with E-state index in [2.05, 4.69) is 26.1 Å². The average Bonchev–Trinajstić information content (AvgIpc) is 2.99. The van der Waals surface area contributed by atoms with Crippen LogP contribution in [0.15, 0.2) is 42.7 Å². The Morgan fingerprint density at radius 1 is 1.17 bits per heavy atom. The van der Waals surface area contributed by atoms with Crippen molar-refractivity contribution in [3.8, 4) is 0 Å². The van der Waals surface area contributed by atoms with Crippen molar-refractivity contribution in [2.45, 2.75) is 6.18 Å². The lowest BCUT2D eigenvalue weighted by Crippen LogP contribution is -2.30. The van der Waals surface area contributed by atoms with Crippen molar-refractivity contribution >= 4 is 17.4 Å². The highest BCUT2D eigenvalue weighted by Gasteiger charge is 2.30. The summed E-state index contributed by atoms with van der Waals surface area (Å²) in [7, 11) is 0. The van der Waals surface area contributed by atoms with Gasteiger partial charge in [-0.15, -0.1) is 15.3 Å². The molecular formula is C13H9F3N6O. The third-order valence-electron chi connectivity index (χ3n) is 2.92. The van der Waals surface area contributed by atoms with E-state index in [4.69, 9.17) is 0 Å². The van der Waals surface area contributed by atoms with Crippen molar-refractivity contribution in [2.24, 2.45) is 0 Å². The van der Waals surface area contributed by atoms with Crippen LogP contribution in [0.5, 0.6) is 0 Å². The highest BCUT2D eigenvalue weighted by Crippen LogP contribution is 2.29. The van der Waals surface area contributed by atoms with Crippen molar-refractivity contribution in [2.75, 3.05) is 5.43 Å². The lowest BCUT2D eigenvalue weighted by atomic mass is 10.1. The van der Waals surface area contributed by atoms with Crippen molar-refractivity contribution in [3.63, 3.8) is 0 Å². The highest BCUT2D eigenvalue weighted by atomic mass is 19.4. The van der Waals surface area contributed by atoms with Crippen molar-refractivity contribution in [3.05, 3.63) is 53.9 Å². The monoisotopic (exact) mass is 322 g/mol. The number of nitrogens with zero attached hydrogens (tertiary/aromatic N) is 4. The minimum atomic E-state index is -4.51. The summed E-state index contributed by atoms with van der Waals surface area (Å²) in [6, 6.07) is 7.26. The number of hydrogen-bond donors (Lipinski definition) is 2. The Hall–Kier alpha value is -3.17. The lowest BCUT2D eigenvalue weighted by molar-refractivity contribution is -0.137. The van der Waals surface area contributed by atoms with Gasteiger partial charge in [0.2, 0.25) is 0 Å². The Kier molecular flexibility index (Phi) is 3.56. The number of fused-ring (bicyclic) bond motifs is 1. The van der Waals surface area contributed by atoms with Gasteiger partial charge in [0.25, 0.3) is 5.91 Å². The summed E-state index contributed by atoms with van der Waals surface area (Å²) in [6.45, 7) is 0. The predicted molar refractivity (Wildman–Crippen MR) is 73.3 cm³/mol. The number of benzene rings is 1. The number of amides is 1. The summed E-state index contributed by atoms with van der Waals surface area (Å²) >= 11 is 0. The lowest BCUT2D eigenvalue weighted by Gasteiger charge is -2.10. The highest BCUT2D eigenvalue weighted by molar-refractivity contribution is 5.95. The first-order valence-corrected chi connectivity index (χ1v) is 6.34. The normalized spacial score (nSPS) is 11.4. The summed E-state index contributed by atoms with van der Waals surface area (Å²) < 4.78 is 39.3. The maximum atomic E-state index is 12.6. The zero-order chi connectivity index (χ0) is 16.4. The fourth-order valence-corrected chi connectivity index (χ4v) is 1.82. The standard InChI is InChI=1S/C13H9F3N6O/c14-13(15,16)9-3-1-2-8(6-9)12(23)20-18-10-4-5-11-19-17-7-22(11)21-10/h1-7H,(H,18,21)(H,20,23). The molecule has 2 heterocycles. The zero-order valence-corrected chi connectivity index (χ0v) is 11.4. The van der Waals surface area contributed by atoms with E-state index in [1.807, 2.05) is 0 Å². The topological polar surface area (TPSA) is 84.2 Å². The van der Waals surface area contributed by atoms with E-state index in [0.29, 0.717) is 5.65 Å². The maximum Gasteiger partial charge on any atom is 0.416 e. The van der Waals surface area contributed by atoms with E-state index >= 15 is 0 Å². The van der Waals surface area contributed by atoms with Gasteiger partial charge in [0.1, 0.15) is 6.33 Å². The molecular weight excluding hydrogens is 313 g/mol. The number of carbonyl (C=O) groups is 1. The van der Waals surface area contributed by atoms with Gasteiger partial charge in [-0.05, 0) is 30.3 Å². The Morgan fingerprint density at radius 2 is 2.00 bits per heavy atom. The van der Waals surface area contributed by atoms with Gasteiger partial charge in [0.05, 0.1) is 5.56 Å². The molecule has 0 saturated heterocycles. The van der Waals surface area contributed by atoms with Crippen LogP contribution in [0.25, 0.3) is 5.65 Å². The molecule has 3 rings (SSSR count). The SMILES string of the molecule is O=C(NNc1ccc2nncn2n1)c1cccc(C(F)(F)F)c1. The van der Waals surface area contributed by atoms with Gasteiger partial charge in [0, 0.05) is 5.56 Å². The molecule has 3 aromatic rings. The Bertz CT molecular complexity index is 860. The smallest absolute Gasteiger partial charge is 0.280 e. The molecule has 0 aliphatic rings. The Balaban J connectivity index is 1.71. The summed E-state index contributed by atoms with van der Waals surface area (Å²) in [5.41, 5.74) is 4.28. The van der Waals surface area contributed by atoms with E-state index in [0.717, 1.165) is 12.1 Å². The number of aromatic nitrogens is 4. The van der Waals surface area contributed by atoms with Gasteiger partial charge in [-0.1, -0.05) is 6.07 Å². The summed E-state index contributed by atoms with van der Waals surface area (Å²) in [5.74, 6) is -0.445. The number of hydrazine groups is 1. The molecule has 1 aromatic carbocycles. The molecule has 0 spiro atoms. The second-order valence-electron chi connectivity index (χ2n) is 4.51. The van der Waals surface area contributed by atoms with Gasteiger partial charge in [-0.25, -0.2) is 0 Å². The molecule has 23 heavy (non-hydrogen) atoms. The number of hydrogen-bond acceptors (Lipinski definition) is 5. The van der Waals surface area contributed by atoms with Crippen LogP contribution in [-0.4, -0.2) is 25.7 Å². The van der Waals surface area contributed by atoms with Crippen LogP contribution in [0.2, 0.25) is 0 Å².